The van der Waals surface area contributed by atoms with E-state index in [2.05, 4.69) is 46.7 Å². The Morgan fingerprint density at radius 2 is 1.04 bits per heavy atom. The maximum Gasteiger partial charge on any atom is 0.419 e. The van der Waals surface area contributed by atoms with Crippen LogP contribution in [0.25, 0.3) is 33.5 Å². The molecule has 10 rings (SSSR count). The number of carbonyl (C=O) groups is 6. The molecule has 6 heterocycles. The van der Waals surface area contributed by atoms with Gasteiger partial charge in [0, 0.05) is 58.5 Å². The number of hydrogen-bond acceptors (Lipinski definition) is 14. The highest BCUT2D eigenvalue weighted by atomic mass is 19.1. The van der Waals surface area contributed by atoms with Crippen molar-refractivity contribution in [1.82, 2.24) is 64.9 Å². The molecule has 4 aromatic carbocycles. The summed E-state index contributed by atoms with van der Waals surface area (Å²) in [7, 11) is 4.66. The highest BCUT2D eigenvalue weighted by Gasteiger charge is 2.26. The predicted octanol–water partition coefficient (Wildman–Crippen LogP) is 3.04. The number of benzene rings is 4. The van der Waals surface area contributed by atoms with Crippen LogP contribution in [0.15, 0.2) is 128 Å². The van der Waals surface area contributed by atoms with Crippen molar-refractivity contribution in [2.24, 2.45) is 19.8 Å². The quantitative estimate of drug-likeness (QED) is 0.0913. The number of aromatic nitrogens is 8. The molecule has 6 amide bonds. The molecule has 396 valence electrons. The number of nitrogens with one attached hydrogen (secondary N) is 5. The van der Waals surface area contributed by atoms with Crippen LogP contribution in [0.5, 0.6) is 0 Å². The third kappa shape index (κ3) is 10.8. The number of halogens is 2. The van der Waals surface area contributed by atoms with Gasteiger partial charge >= 0.3 is 11.5 Å². The second-order valence-corrected chi connectivity index (χ2v) is 17.5. The van der Waals surface area contributed by atoms with Crippen LogP contribution in [0.4, 0.5) is 8.78 Å². The van der Waals surface area contributed by atoms with Gasteiger partial charge in [-0.15, -0.1) is 0 Å². The van der Waals surface area contributed by atoms with Crippen LogP contribution >= 0.6 is 0 Å². The van der Waals surface area contributed by atoms with Gasteiger partial charge in [0.05, 0.1) is 23.4 Å². The lowest BCUT2D eigenvalue weighted by molar-refractivity contribution is -0.120. The standard InChI is InChI=1S/2C26H22FN7O5/c1-28-23(35)16-6-3-14(4-7-16)11-30-25(37)20-10-18(32-22-17(27)13-31-34(20)22)24(36)29-12-15-5-8-21-19(9-15)33(2)26(38)39-21;1-13-3-6-15(7-4-13)21(22(28)35)32-25(37)19-10-17(31-23-16(27)12-30-34(19)23)24(36)29-11-14-5-8-20-18(9-14)33(2)26(38)39-20/h3-10,13H,11-12H2,1-2H3,(H,28,35)(H,29,36)(H,30,37);3-10,12,21H,11H2,1-2H3,(H2,28,35)(H,29,36)(H,32,37)/t;21-/m.1/s1. The number of primary amides is 1. The Morgan fingerprint density at radius 3 is 1.51 bits per heavy atom. The van der Waals surface area contributed by atoms with E-state index in [1.165, 1.54) is 22.2 Å². The monoisotopic (exact) mass is 1060 g/mol. The molecule has 0 radical (unpaired) electrons. The molecule has 0 fully saturated rings. The molecule has 6 aromatic heterocycles. The van der Waals surface area contributed by atoms with E-state index in [1.54, 1.807) is 99.0 Å². The Hall–Kier alpha value is -10.7. The smallest absolute Gasteiger partial charge is 0.408 e. The van der Waals surface area contributed by atoms with E-state index in [0.717, 1.165) is 38.6 Å². The summed E-state index contributed by atoms with van der Waals surface area (Å²) in [5.41, 5.74) is 9.99. The van der Waals surface area contributed by atoms with Gasteiger partial charge in [-0.1, -0.05) is 54.1 Å². The van der Waals surface area contributed by atoms with E-state index in [0.29, 0.717) is 44.5 Å². The molecule has 0 saturated heterocycles. The number of fused-ring (bicyclic) bond motifs is 4. The lowest BCUT2D eigenvalue weighted by Crippen LogP contribution is -2.38. The van der Waals surface area contributed by atoms with Crippen LogP contribution in [0.3, 0.4) is 0 Å². The SMILES string of the molecule is CNC(=O)c1ccc(CNC(=O)c2cc(C(=O)NCc3ccc4oc(=O)n(C)c4c3)nc3c(F)cnn23)cc1.Cc1ccc([C@@H](NC(=O)c2cc(C(=O)NCc3ccc4oc(=O)n(C)c4c3)nc3c(F)cnn23)C(N)=O)cc1. The molecule has 0 aliphatic rings. The van der Waals surface area contributed by atoms with Crippen molar-refractivity contribution < 1.29 is 46.4 Å². The molecule has 0 spiro atoms. The van der Waals surface area contributed by atoms with Gasteiger partial charge in [0.1, 0.15) is 28.8 Å². The summed E-state index contributed by atoms with van der Waals surface area (Å²) in [6.07, 6.45) is 1.76. The molecule has 1 atom stereocenters. The third-order valence-corrected chi connectivity index (χ3v) is 12.3. The molecule has 24 nitrogen and oxygen atoms in total. The van der Waals surface area contributed by atoms with Crippen LogP contribution in [0, 0.1) is 18.6 Å². The molecule has 0 aliphatic heterocycles. The normalized spacial score (nSPS) is 11.5. The first-order valence-corrected chi connectivity index (χ1v) is 23.4. The Balaban J connectivity index is 0.000000190. The summed E-state index contributed by atoms with van der Waals surface area (Å²) >= 11 is 0. The average molecular weight is 1060 g/mol. The fourth-order valence-corrected chi connectivity index (χ4v) is 8.01. The zero-order valence-electron chi connectivity index (χ0n) is 41.6. The molecule has 0 saturated carbocycles. The number of rotatable bonds is 14. The molecule has 0 aliphatic carbocycles. The fourth-order valence-electron chi connectivity index (χ4n) is 8.01. The molecule has 0 unspecified atom stereocenters. The summed E-state index contributed by atoms with van der Waals surface area (Å²) in [5.74, 6) is -6.48. The molecule has 10 aromatic rings. The minimum absolute atomic E-state index is 0.0431. The van der Waals surface area contributed by atoms with Gasteiger partial charge < -0.3 is 41.2 Å². The minimum Gasteiger partial charge on any atom is -0.408 e. The lowest BCUT2D eigenvalue weighted by Gasteiger charge is -2.17. The van der Waals surface area contributed by atoms with Crippen LogP contribution in [0.2, 0.25) is 0 Å². The van der Waals surface area contributed by atoms with E-state index >= 15 is 0 Å². The number of nitrogens with two attached hydrogens (primary N) is 1. The predicted molar refractivity (Wildman–Crippen MR) is 273 cm³/mol. The first-order chi connectivity index (χ1) is 37.4. The fraction of sp³-hybridized carbons (Fsp3) is 0.154. The molecular formula is C52H44F2N14O10. The topological polar surface area (TPSA) is 319 Å². The average Bonchev–Trinajstić information content (AvgIpc) is 4.25. The van der Waals surface area contributed by atoms with Gasteiger partial charge in [-0.3, -0.25) is 37.9 Å². The highest BCUT2D eigenvalue weighted by Crippen LogP contribution is 2.20. The highest BCUT2D eigenvalue weighted by molar-refractivity contribution is 6.01. The molecule has 0 bridgehead atoms. The summed E-state index contributed by atoms with van der Waals surface area (Å²) in [6, 6.07) is 24.6. The maximum absolute atomic E-state index is 14.4. The van der Waals surface area contributed by atoms with Gasteiger partial charge in [0.25, 0.3) is 29.5 Å². The molecular weight excluding hydrogens is 1020 g/mol. The van der Waals surface area contributed by atoms with Crippen molar-refractivity contribution >= 4 is 68.9 Å². The van der Waals surface area contributed by atoms with Gasteiger partial charge in [0.2, 0.25) is 5.91 Å². The van der Waals surface area contributed by atoms with Crippen molar-refractivity contribution in [1.29, 1.82) is 0 Å². The second-order valence-electron chi connectivity index (χ2n) is 17.5. The van der Waals surface area contributed by atoms with E-state index in [-0.39, 0.29) is 59.6 Å². The van der Waals surface area contributed by atoms with E-state index in [9.17, 15) is 47.1 Å². The number of hydrogen-bond donors (Lipinski definition) is 6. The minimum atomic E-state index is -1.19. The van der Waals surface area contributed by atoms with Crippen molar-refractivity contribution in [2.45, 2.75) is 32.6 Å². The Morgan fingerprint density at radius 1 is 0.590 bits per heavy atom. The van der Waals surface area contributed by atoms with Crippen LogP contribution in [-0.2, 0) is 38.5 Å². The number of oxazole rings is 2. The van der Waals surface area contributed by atoms with Crippen LogP contribution < -0.4 is 43.8 Å². The largest absolute Gasteiger partial charge is 0.419 e. The summed E-state index contributed by atoms with van der Waals surface area (Å²) in [6.45, 7) is 2.10. The zero-order valence-corrected chi connectivity index (χ0v) is 41.6. The summed E-state index contributed by atoms with van der Waals surface area (Å²) in [4.78, 5) is 108. The van der Waals surface area contributed by atoms with E-state index in [4.69, 9.17) is 14.6 Å². The number of nitrogens with zero attached hydrogens (tertiary/aromatic N) is 8. The Bertz CT molecular complexity index is 4160. The van der Waals surface area contributed by atoms with Gasteiger partial charge in [-0.2, -0.15) is 10.2 Å². The van der Waals surface area contributed by atoms with Crippen molar-refractivity contribution in [3.8, 4) is 0 Å². The maximum atomic E-state index is 14.4. The van der Waals surface area contributed by atoms with Crippen LogP contribution in [0.1, 0.15) is 86.2 Å². The van der Waals surface area contributed by atoms with E-state index in [1.807, 2.05) is 6.92 Å². The van der Waals surface area contributed by atoms with Crippen molar-refractivity contribution in [2.75, 3.05) is 7.05 Å². The first-order valence-electron chi connectivity index (χ1n) is 23.4. The van der Waals surface area contributed by atoms with Crippen LogP contribution in [-0.4, -0.2) is 80.8 Å². The Labute approximate surface area is 436 Å². The van der Waals surface area contributed by atoms with Crippen molar-refractivity contribution in [3.63, 3.8) is 0 Å². The van der Waals surface area contributed by atoms with Gasteiger partial charge in [-0.25, -0.2) is 37.4 Å². The van der Waals surface area contributed by atoms with Gasteiger partial charge in [0.15, 0.2) is 34.1 Å². The van der Waals surface area contributed by atoms with E-state index < -0.39 is 58.7 Å². The second kappa shape index (κ2) is 21.7. The lowest BCUT2D eigenvalue weighted by atomic mass is 10.0. The molecule has 78 heavy (non-hydrogen) atoms. The van der Waals surface area contributed by atoms with Crippen molar-refractivity contribution in [3.05, 3.63) is 198 Å². The molecule has 7 N–H and O–H groups in total. The molecule has 26 heteroatoms. The number of amides is 6. The first kappa shape index (κ1) is 52.2. The summed E-state index contributed by atoms with van der Waals surface area (Å²) in [5, 5.41) is 20.8. The number of carbonyl (C=O) groups excluding carboxylic acids is 6. The Kier molecular flexibility index (Phi) is 14.5. The number of aryl methyl sites for hydroxylation is 3. The third-order valence-electron chi connectivity index (χ3n) is 12.3. The van der Waals surface area contributed by atoms with Gasteiger partial charge in [-0.05, 0) is 65.6 Å². The zero-order chi connectivity index (χ0) is 55.5. The summed E-state index contributed by atoms with van der Waals surface area (Å²) < 4.78 is 43.7.